The molecule has 0 aromatic carbocycles. The van der Waals surface area contributed by atoms with Crippen molar-refractivity contribution in [2.24, 2.45) is 28.6 Å². The van der Waals surface area contributed by atoms with Crippen LogP contribution in [-0.4, -0.2) is 17.9 Å². The van der Waals surface area contributed by atoms with Gasteiger partial charge in [0, 0.05) is 18.3 Å². The molecule has 0 heterocycles. The van der Waals surface area contributed by atoms with Gasteiger partial charge in [-0.3, -0.25) is 9.59 Å². The lowest BCUT2D eigenvalue weighted by Gasteiger charge is -2.57. The fraction of sp³-hybridized carbons (Fsp3) is 0.818. The zero-order valence-corrected chi connectivity index (χ0v) is 16.0. The molecule has 0 N–H and O–H groups in total. The van der Waals surface area contributed by atoms with Gasteiger partial charge in [-0.25, -0.2) is 0 Å². The van der Waals surface area contributed by atoms with E-state index in [0.717, 1.165) is 38.0 Å². The second-order valence-electron chi connectivity index (χ2n) is 9.42. The van der Waals surface area contributed by atoms with Crippen molar-refractivity contribution in [3.05, 3.63) is 11.6 Å². The van der Waals surface area contributed by atoms with Crippen molar-refractivity contribution in [3.8, 4) is 0 Å². The topological polar surface area (TPSA) is 43.4 Å². The van der Waals surface area contributed by atoms with Gasteiger partial charge in [-0.15, -0.1) is 0 Å². The average molecular weight is 344 g/mol. The Morgan fingerprint density at radius 3 is 2.68 bits per heavy atom. The van der Waals surface area contributed by atoms with Gasteiger partial charge in [0.15, 0.2) is 5.78 Å². The summed E-state index contributed by atoms with van der Waals surface area (Å²) < 4.78 is 5.86. The van der Waals surface area contributed by atoms with E-state index in [4.69, 9.17) is 4.74 Å². The van der Waals surface area contributed by atoms with Gasteiger partial charge < -0.3 is 4.74 Å². The first-order valence-corrected chi connectivity index (χ1v) is 10.3. The first kappa shape index (κ1) is 17.3. The van der Waals surface area contributed by atoms with Crippen LogP contribution in [0.4, 0.5) is 0 Å². The molecule has 0 aromatic heterocycles. The molecule has 138 valence electrons. The SMILES string of the molecule is CCC(=O)O[C@H]1CC[C@@H]2[C@H]3CCC4=CC(=O)CC[C@]4(C)[C@H]3CC[C@]12C. The smallest absolute Gasteiger partial charge is 0.305 e. The maximum absolute atomic E-state index is 11.9. The average Bonchev–Trinajstić information content (AvgIpc) is 2.92. The maximum atomic E-state index is 11.9. The Hall–Kier alpha value is -1.12. The van der Waals surface area contributed by atoms with E-state index in [2.05, 4.69) is 13.8 Å². The van der Waals surface area contributed by atoms with Gasteiger partial charge >= 0.3 is 5.97 Å². The van der Waals surface area contributed by atoms with Crippen LogP contribution in [0.5, 0.6) is 0 Å². The maximum Gasteiger partial charge on any atom is 0.305 e. The summed E-state index contributed by atoms with van der Waals surface area (Å²) in [6, 6.07) is 0. The first-order chi connectivity index (χ1) is 11.9. The van der Waals surface area contributed by atoms with Gasteiger partial charge in [0.05, 0.1) is 0 Å². The molecule has 0 unspecified atom stereocenters. The Morgan fingerprint density at radius 2 is 1.92 bits per heavy atom. The number of rotatable bonds is 2. The van der Waals surface area contributed by atoms with E-state index in [-0.39, 0.29) is 22.9 Å². The molecule has 25 heavy (non-hydrogen) atoms. The summed E-state index contributed by atoms with van der Waals surface area (Å²) in [6.45, 7) is 6.69. The number of ketones is 1. The van der Waals surface area contributed by atoms with Crippen molar-refractivity contribution >= 4 is 11.8 Å². The van der Waals surface area contributed by atoms with Gasteiger partial charge in [-0.1, -0.05) is 26.3 Å². The minimum atomic E-state index is -0.0411. The predicted octanol–water partition coefficient (Wildman–Crippen LogP) is 4.84. The van der Waals surface area contributed by atoms with Crippen LogP contribution in [0.15, 0.2) is 11.6 Å². The Kier molecular flexibility index (Phi) is 4.12. The molecule has 0 amide bonds. The summed E-state index contributed by atoms with van der Waals surface area (Å²) in [5, 5.41) is 0. The third kappa shape index (κ3) is 2.52. The standard InChI is InChI=1S/C22H32O3/c1-4-20(24)25-19-8-7-17-16-6-5-14-13-15(23)9-11-21(14,2)18(16)10-12-22(17,19)3/h13,16-19H,4-12H2,1-3H3/t16-,17-,18+,19+,21+,22+/m1/s1. The van der Waals surface area contributed by atoms with Gasteiger partial charge in [-0.05, 0) is 74.2 Å². The second-order valence-corrected chi connectivity index (χ2v) is 9.42. The molecular weight excluding hydrogens is 312 g/mol. The van der Waals surface area contributed by atoms with Crippen LogP contribution in [0.1, 0.15) is 78.6 Å². The van der Waals surface area contributed by atoms with Crippen LogP contribution in [-0.2, 0) is 14.3 Å². The molecule has 0 saturated heterocycles. The van der Waals surface area contributed by atoms with Gasteiger partial charge in [0.2, 0.25) is 0 Å². The largest absolute Gasteiger partial charge is 0.462 e. The third-order valence-corrected chi connectivity index (χ3v) is 8.44. The normalized spacial score (nSPS) is 45.9. The van der Waals surface area contributed by atoms with E-state index in [1.165, 1.54) is 24.8 Å². The number of allylic oxidation sites excluding steroid dienone is 1. The van der Waals surface area contributed by atoms with Crippen LogP contribution in [0.25, 0.3) is 0 Å². The fourth-order valence-corrected chi connectivity index (χ4v) is 6.95. The first-order valence-electron chi connectivity index (χ1n) is 10.3. The molecule has 0 radical (unpaired) electrons. The molecular formula is C22H32O3. The van der Waals surface area contributed by atoms with E-state index >= 15 is 0 Å². The molecule has 3 heteroatoms. The molecule has 6 atom stereocenters. The Morgan fingerprint density at radius 1 is 1.12 bits per heavy atom. The lowest BCUT2D eigenvalue weighted by molar-refractivity contribution is -0.159. The van der Waals surface area contributed by atoms with Crippen molar-refractivity contribution in [1.29, 1.82) is 0 Å². The number of carbonyl (C=O) groups is 2. The minimum Gasteiger partial charge on any atom is -0.462 e. The van der Waals surface area contributed by atoms with E-state index in [1.807, 2.05) is 13.0 Å². The number of esters is 1. The van der Waals surface area contributed by atoms with Crippen molar-refractivity contribution in [3.63, 3.8) is 0 Å². The molecule has 3 fully saturated rings. The van der Waals surface area contributed by atoms with E-state index in [1.54, 1.807) is 0 Å². The summed E-state index contributed by atoms with van der Waals surface area (Å²) in [4.78, 5) is 23.8. The fourth-order valence-electron chi connectivity index (χ4n) is 6.95. The summed E-state index contributed by atoms with van der Waals surface area (Å²) in [5.74, 6) is 2.41. The molecule has 3 saturated carbocycles. The highest BCUT2D eigenvalue weighted by Gasteiger charge is 2.59. The molecule has 0 bridgehead atoms. The Labute approximate surface area is 151 Å². The lowest BCUT2D eigenvalue weighted by atomic mass is 9.47. The molecule has 4 rings (SSSR count). The second kappa shape index (κ2) is 5.96. The van der Waals surface area contributed by atoms with Crippen LogP contribution < -0.4 is 0 Å². The van der Waals surface area contributed by atoms with Gasteiger partial charge in [0.1, 0.15) is 6.10 Å². The van der Waals surface area contributed by atoms with Gasteiger partial charge in [0.25, 0.3) is 0 Å². The van der Waals surface area contributed by atoms with Crippen LogP contribution in [0.3, 0.4) is 0 Å². The molecule has 3 nitrogen and oxygen atoms in total. The van der Waals surface area contributed by atoms with Crippen LogP contribution in [0.2, 0.25) is 0 Å². The van der Waals surface area contributed by atoms with Gasteiger partial charge in [-0.2, -0.15) is 0 Å². The van der Waals surface area contributed by atoms with Crippen LogP contribution in [0, 0.1) is 28.6 Å². The summed E-state index contributed by atoms with van der Waals surface area (Å²) >= 11 is 0. The number of fused-ring (bicyclic) bond motifs is 5. The van der Waals surface area contributed by atoms with E-state index < -0.39 is 0 Å². The zero-order valence-electron chi connectivity index (χ0n) is 16.0. The van der Waals surface area contributed by atoms with Crippen LogP contribution >= 0.6 is 0 Å². The highest BCUT2D eigenvalue weighted by Crippen LogP contribution is 2.65. The molecule has 0 spiro atoms. The molecule has 4 aliphatic carbocycles. The Bertz CT molecular complexity index is 621. The number of hydrogen-bond donors (Lipinski definition) is 0. The zero-order chi connectivity index (χ0) is 17.8. The molecule has 0 aromatic rings. The summed E-state index contributed by atoms with van der Waals surface area (Å²) in [5.41, 5.74) is 1.82. The van der Waals surface area contributed by atoms with Crippen molar-refractivity contribution in [1.82, 2.24) is 0 Å². The van der Waals surface area contributed by atoms with Crippen molar-refractivity contribution in [2.75, 3.05) is 0 Å². The van der Waals surface area contributed by atoms with Crippen molar-refractivity contribution in [2.45, 2.75) is 84.7 Å². The lowest BCUT2D eigenvalue weighted by Crippen LogP contribution is -2.51. The number of ether oxygens (including phenoxy) is 1. The number of carbonyl (C=O) groups excluding carboxylic acids is 2. The summed E-state index contributed by atoms with van der Waals surface area (Å²) in [6.07, 6.45) is 11.3. The quantitative estimate of drug-likeness (QED) is 0.673. The predicted molar refractivity (Wildman–Crippen MR) is 96.9 cm³/mol. The monoisotopic (exact) mass is 344 g/mol. The molecule has 0 aliphatic heterocycles. The van der Waals surface area contributed by atoms with E-state index in [9.17, 15) is 9.59 Å². The highest BCUT2D eigenvalue weighted by molar-refractivity contribution is 5.91. The summed E-state index contributed by atoms with van der Waals surface area (Å²) in [7, 11) is 0. The number of hydrogen-bond acceptors (Lipinski definition) is 3. The third-order valence-electron chi connectivity index (χ3n) is 8.44. The highest BCUT2D eigenvalue weighted by atomic mass is 16.5. The minimum absolute atomic E-state index is 0.0411. The molecule has 4 aliphatic rings. The Balaban J connectivity index is 1.59. The van der Waals surface area contributed by atoms with E-state index in [0.29, 0.717) is 24.0 Å². The van der Waals surface area contributed by atoms with Crippen molar-refractivity contribution < 1.29 is 14.3 Å².